The fourth-order valence-electron chi connectivity index (χ4n) is 6.49. The Kier molecular flexibility index (Phi) is 6.88. The minimum atomic E-state index is -0.782. The highest BCUT2D eigenvalue weighted by Crippen LogP contribution is 2.39. The number of carboxylic acids is 1. The number of benzene rings is 1. The molecular formula is C29H37FN4O2. The van der Waals surface area contributed by atoms with Gasteiger partial charge in [-0.25, -0.2) is 9.37 Å². The van der Waals surface area contributed by atoms with E-state index in [0.717, 1.165) is 43.7 Å². The number of pyridine rings is 1. The van der Waals surface area contributed by atoms with E-state index in [0.29, 0.717) is 19.0 Å². The number of hydrogen-bond acceptors (Lipinski definition) is 4. The molecule has 4 heterocycles. The summed E-state index contributed by atoms with van der Waals surface area (Å²) in [5, 5.41) is 10.1. The van der Waals surface area contributed by atoms with E-state index in [9.17, 15) is 14.3 Å². The lowest BCUT2D eigenvalue weighted by molar-refractivity contribution is -0.147. The van der Waals surface area contributed by atoms with Crippen LogP contribution in [0.2, 0.25) is 0 Å². The van der Waals surface area contributed by atoms with Crippen LogP contribution < -0.4 is 0 Å². The van der Waals surface area contributed by atoms with Gasteiger partial charge in [0.2, 0.25) is 0 Å². The van der Waals surface area contributed by atoms with Crippen molar-refractivity contribution >= 4 is 11.6 Å². The van der Waals surface area contributed by atoms with Crippen molar-refractivity contribution in [2.24, 2.45) is 11.3 Å². The molecule has 1 aromatic carbocycles. The fraction of sp³-hybridized carbons (Fsp3) is 0.517. The topological polar surface area (TPSA) is 61.1 Å². The number of hydrogen-bond donors (Lipinski definition) is 1. The molecule has 0 amide bonds. The van der Waals surface area contributed by atoms with E-state index in [1.807, 2.05) is 51.2 Å². The molecule has 192 valence electrons. The van der Waals surface area contributed by atoms with Gasteiger partial charge in [-0.2, -0.15) is 0 Å². The standard InChI is InChI=1S/C29H37FN4O2/c1-29(2,3)27(28(35)36)33-18-22(24(19-33)21-7-6-8-23(30)15-21)17-32-13-10-20(11-14-32)25-16-31-26-9-4-5-12-34(25)26/h4-9,12,15-16,20,22,24,27H,10-11,13-14,17-19H2,1-3H3,(H,35,36)/t22-,24+,27-/m0/s1. The summed E-state index contributed by atoms with van der Waals surface area (Å²) >= 11 is 0. The van der Waals surface area contributed by atoms with Gasteiger partial charge in [-0.15, -0.1) is 0 Å². The number of carbonyl (C=O) groups is 1. The van der Waals surface area contributed by atoms with Gasteiger partial charge in [0, 0.05) is 49.6 Å². The highest BCUT2D eigenvalue weighted by Gasteiger charge is 2.44. The normalized spacial score (nSPS) is 23.3. The SMILES string of the molecule is CC(C)(C)[C@H](C(=O)O)N1C[C@H](CN2CCC(c3cnc4ccccn34)CC2)[C@@H](c2cccc(F)c2)C1. The van der Waals surface area contributed by atoms with Gasteiger partial charge in [0.05, 0.1) is 0 Å². The molecule has 0 spiro atoms. The molecule has 36 heavy (non-hydrogen) atoms. The van der Waals surface area contributed by atoms with Crippen molar-refractivity contribution in [1.29, 1.82) is 0 Å². The molecule has 0 bridgehead atoms. The Morgan fingerprint density at radius 2 is 1.92 bits per heavy atom. The van der Waals surface area contributed by atoms with Crippen LogP contribution in [-0.2, 0) is 4.79 Å². The number of piperidine rings is 1. The van der Waals surface area contributed by atoms with Crippen molar-refractivity contribution in [2.45, 2.75) is 51.5 Å². The molecule has 2 aliphatic rings. The van der Waals surface area contributed by atoms with Crippen LogP contribution in [0.5, 0.6) is 0 Å². The van der Waals surface area contributed by atoms with Gasteiger partial charge in [-0.1, -0.05) is 39.0 Å². The Morgan fingerprint density at radius 3 is 2.61 bits per heavy atom. The summed E-state index contributed by atoms with van der Waals surface area (Å²) in [5.41, 5.74) is 2.86. The highest BCUT2D eigenvalue weighted by molar-refractivity contribution is 5.74. The first-order valence-corrected chi connectivity index (χ1v) is 13.1. The number of aliphatic carboxylic acids is 1. The fourth-order valence-corrected chi connectivity index (χ4v) is 6.49. The van der Waals surface area contributed by atoms with Gasteiger partial charge in [-0.3, -0.25) is 9.69 Å². The smallest absolute Gasteiger partial charge is 0.321 e. The van der Waals surface area contributed by atoms with E-state index in [4.69, 9.17) is 0 Å². The molecule has 2 aromatic heterocycles. The van der Waals surface area contributed by atoms with Gasteiger partial charge in [0.1, 0.15) is 17.5 Å². The molecule has 3 aromatic rings. The van der Waals surface area contributed by atoms with E-state index < -0.39 is 12.0 Å². The van der Waals surface area contributed by atoms with E-state index >= 15 is 0 Å². The van der Waals surface area contributed by atoms with Crippen molar-refractivity contribution in [2.75, 3.05) is 32.7 Å². The summed E-state index contributed by atoms with van der Waals surface area (Å²) in [6.07, 6.45) is 6.25. The average molecular weight is 493 g/mol. The Labute approximate surface area is 212 Å². The molecule has 2 saturated heterocycles. The monoisotopic (exact) mass is 492 g/mol. The van der Waals surface area contributed by atoms with Crippen LogP contribution in [0.3, 0.4) is 0 Å². The molecule has 0 radical (unpaired) electrons. The first-order valence-electron chi connectivity index (χ1n) is 13.1. The Hall–Kier alpha value is -2.77. The summed E-state index contributed by atoms with van der Waals surface area (Å²) in [6, 6.07) is 12.4. The Bertz CT molecular complexity index is 1210. The molecule has 1 N–H and O–H groups in total. The van der Waals surface area contributed by atoms with Gasteiger partial charge in [-0.05, 0) is 67.1 Å². The largest absolute Gasteiger partial charge is 0.480 e. The lowest BCUT2D eigenvalue weighted by atomic mass is 9.85. The van der Waals surface area contributed by atoms with Crippen LogP contribution >= 0.6 is 0 Å². The molecule has 6 nitrogen and oxygen atoms in total. The van der Waals surface area contributed by atoms with Crippen molar-refractivity contribution < 1.29 is 14.3 Å². The summed E-state index contributed by atoms with van der Waals surface area (Å²) in [4.78, 5) is 21.5. The molecule has 0 unspecified atom stereocenters. The van der Waals surface area contributed by atoms with Gasteiger partial charge < -0.3 is 14.4 Å². The van der Waals surface area contributed by atoms with Crippen LogP contribution in [0.4, 0.5) is 4.39 Å². The van der Waals surface area contributed by atoms with E-state index in [2.05, 4.69) is 25.4 Å². The van der Waals surface area contributed by atoms with Crippen molar-refractivity contribution in [3.8, 4) is 0 Å². The first kappa shape index (κ1) is 24.9. The number of nitrogens with zero attached hydrogens (tertiary/aromatic N) is 4. The number of rotatable bonds is 6. The van der Waals surface area contributed by atoms with Gasteiger partial charge in [0.25, 0.3) is 0 Å². The molecule has 0 aliphatic carbocycles. The highest BCUT2D eigenvalue weighted by atomic mass is 19.1. The van der Waals surface area contributed by atoms with Crippen molar-refractivity contribution in [3.05, 3.63) is 71.9 Å². The second-order valence-electron chi connectivity index (χ2n) is 11.7. The Balaban J connectivity index is 1.31. The molecule has 3 atom stereocenters. The molecule has 7 heteroatoms. The van der Waals surface area contributed by atoms with Crippen LogP contribution in [0, 0.1) is 17.2 Å². The minimum absolute atomic E-state index is 0.112. The molecule has 5 rings (SSSR count). The van der Waals surface area contributed by atoms with Crippen LogP contribution in [0.1, 0.15) is 56.7 Å². The van der Waals surface area contributed by atoms with Gasteiger partial charge >= 0.3 is 5.97 Å². The third kappa shape index (κ3) is 5.04. The van der Waals surface area contributed by atoms with Crippen LogP contribution in [0.15, 0.2) is 54.9 Å². The number of imidazole rings is 1. The molecule has 0 saturated carbocycles. The van der Waals surface area contributed by atoms with Crippen LogP contribution in [-0.4, -0.2) is 69.0 Å². The summed E-state index contributed by atoms with van der Waals surface area (Å²) in [7, 11) is 0. The maximum absolute atomic E-state index is 14.1. The number of likely N-dealkylation sites (tertiary alicyclic amines) is 2. The lowest BCUT2D eigenvalue weighted by Gasteiger charge is -2.36. The second-order valence-corrected chi connectivity index (χ2v) is 11.7. The molecule has 2 aliphatic heterocycles. The zero-order valence-corrected chi connectivity index (χ0v) is 21.5. The summed E-state index contributed by atoms with van der Waals surface area (Å²) in [6.45, 7) is 10.2. The average Bonchev–Trinajstić information content (AvgIpc) is 3.43. The van der Waals surface area contributed by atoms with E-state index in [1.54, 1.807) is 12.1 Å². The number of fused-ring (bicyclic) bond motifs is 1. The zero-order valence-electron chi connectivity index (χ0n) is 21.5. The van der Waals surface area contributed by atoms with Crippen molar-refractivity contribution in [1.82, 2.24) is 19.2 Å². The zero-order chi connectivity index (χ0) is 25.4. The van der Waals surface area contributed by atoms with E-state index in [-0.39, 0.29) is 23.1 Å². The number of halogens is 1. The maximum atomic E-state index is 14.1. The van der Waals surface area contributed by atoms with Crippen LogP contribution in [0.25, 0.3) is 5.65 Å². The Morgan fingerprint density at radius 1 is 1.14 bits per heavy atom. The lowest BCUT2D eigenvalue weighted by Crippen LogP contribution is -2.48. The quantitative estimate of drug-likeness (QED) is 0.532. The predicted octanol–water partition coefficient (Wildman–Crippen LogP) is 4.87. The van der Waals surface area contributed by atoms with E-state index in [1.165, 1.54) is 11.8 Å². The third-order valence-electron chi connectivity index (χ3n) is 8.11. The predicted molar refractivity (Wildman–Crippen MR) is 139 cm³/mol. The first-order chi connectivity index (χ1) is 17.2. The molecule has 2 fully saturated rings. The summed E-state index contributed by atoms with van der Waals surface area (Å²) < 4.78 is 16.3. The summed E-state index contributed by atoms with van der Waals surface area (Å²) in [5.74, 6) is -0.168. The molecular weight excluding hydrogens is 455 g/mol. The minimum Gasteiger partial charge on any atom is -0.480 e. The second kappa shape index (κ2) is 9.94. The maximum Gasteiger partial charge on any atom is 0.321 e. The number of carboxylic acid groups (broad SMARTS) is 1. The van der Waals surface area contributed by atoms with Gasteiger partial charge in [0.15, 0.2) is 0 Å². The van der Waals surface area contributed by atoms with Crippen molar-refractivity contribution in [3.63, 3.8) is 0 Å². The number of aromatic nitrogens is 2. The third-order valence-corrected chi connectivity index (χ3v) is 8.11.